The third-order valence-electron chi connectivity index (χ3n) is 9.57. The van der Waals surface area contributed by atoms with E-state index in [0.717, 1.165) is 33.0 Å². The molecule has 8 nitrogen and oxygen atoms in total. The predicted molar refractivity (Wildman–Crippen MR) is 196 cm³/mol. The van der Waals surface area contributed by atoms with Gasteiger partial charge in [-0.3, -0.25) is 9.59 Å². The number of benzene rings is 2. The lowest BCUT2D eigenvalue weighted by atomic mass is 9.77. The summed E-state index contributed by atoms with van der Waals surface area (Å²) >= 11 is 1.40. The van der Waals surface area contributed by atoms with Crippen molar-refractivity contribution >= 4 is 23.2 Å². The summed E-state index contributed by atoms with van der Waals surface area (Å²) in [6.45, 7) is 10.0. The molecule has 0 spiro atoms. The van der Waals surface area contributed by atoms with Gasteiger partial charge in [0.05, 0.1) is 10.9 Å². The van der Waals surface area contributed by atoms with Crippen LogP contribution in [0.3, 0.4) is 0 Å². The number of carbonyl (C=O) groups is 2. The Hall–Kier alpha value is -3.92. The van der Waals surface area contributed by atoms with E-state index in [9.17, 15) is 19.8 Å². The van der Waals surface area contributed by atoms with Crippen molar-refractivity contribution in [2.45, 2.75) is 109 Å². The predicted octanol–water partition coefficient (Wildman–Crippen LogP) is 7.40. The van der Waals surface area contributed by atoms with Crippen molar-refractivity contribution in [3.05, 3.63) is 93.9 Å². The van der Waals surface area contributed by atoms with E-state index in [2.05, 4.69) is 72.6 Å². The van der Waals surface area contributed by atoms with Crippen LogP contribution >= 0.6 is 11.3 Å². The van der Waals surface area contributed by atoms with Crippen molar-refractivity contribution in [3.63, 3.8) is 0 Å². The number of nitrogens with zero attached hydrogens (tertiary/aromatic N) is 2. The number of thiophene rings is 1. The fourth-order valence-electron chi connectivity index (χ4n) is 6.49. The molecular weight excluding hydrogens is 633 g/mol. The average molecular weight is 683 g/mol. The van der Waals surface area contributed by atoms with Crippen molar-refractivity contribution < 1.29 is 19.8 Å². The highest BCUT2D eigenvalue weighted by Crippen LogP contribution is 2.38. The minimum atomic E-state index is -1.72. The largest absolute Gasteiger partial charge is 0.366 e. The molecule has 0 bridgehead atoms. The molecule has 0 radical (unpaired) electrons. The van der Waals surface area contributed by atoms with E-state index in [1.165, 1.54) is 62.3 Å². The van der Waals surface area contributed by atoms with Gasteiger partial charge >= 0.3 is 0 Å². The van der Waals surface area contributed by atoms with E-state index in [1.807, 2.05) is 42.7 Å². The molecule has 5 rings (SSSR count). The Morgan fingerprint density at radius 3 is 2.06 bits per heavy atom. The molecule has 0 saturated heterocycles. The van der Waals surface area contributed by atoms with Crippen LogP contribution in [0.1, 0.15) is 105 Å². The maximum atomic E-state index is 13.2. The minimum Gasteiger partial charge on any atom is -0.366 e. The molecule has 4 aromatic rings. The smallest absolute Gasteiger partial charge is 0.262 e. The fourth-order valence-corrected chi connectivity index (χ4v) is 7.46. The second-order valence-electron chi connectivity index (χ2n) is 14.5. The molecule has 49 heavy (non-hydrogen) atoms. The van der Waals surface area contributed by atoms with Gasteiger partial charge in [0.2, 0.25) is 5.91 Å². The average Bonchev–Trinajstić information content (AvgIpc) is 3.61. The van der Waals surface area contributed by atoms with E-state index >= 15 is 0 Å². The quantitative estimate of drug-likeness (QED) is 0.116. The van der Waals surface area contributed by atoms with Gasteiger partial charge in [-0.1, -0.05) is 89.1 Å². The zero-order chi connectivity index (χ0) is 35.1. The van der Waals surface area contributed by atoms with Crippen molar-refractivity contribution in [3.8, 4) is 22.5 Å². The van der Waals surface area contributed by atoms with Crippen LogP contribution in [-0.2, 0) is 16.6 Å². The van der Waals surface area contributed by atoms with Crippen LogP contribution in [0.15, 0.2) is 73.1 Å². The number of amides is 2. The first-order valence-corrected chi connectivity index (χ1v) is 18.3. The third-order valence-corrected chi connectivity index (χ3v) is 11.1. The maximum absolute atomic E-state index is 13.2. The summed E-state index contributed by atoms with van der Waals surface area (Å²) in [5.74, 6) is 1.30. The zero-order valence-corrected chi connectivity index (χ0v) is 30.1. The molecule has 4 N–H and O–H groups in total. The minimum absolute atomic E-state index is 0.101. The molecule has 260 valence electrons. The van der Waals surface area contributed by atoms with Gasteiger partial charge in [-0.25, -0.2) is 9.97 Å². The summed E-state index contributed by atoms with van der Waals surface area (Å²) in [5.41, 5.74) is 5.04. The van der Waals surface area contributed by atoms with Crippen LogP contribution in [0.4, 0.5) is 0 Å². The van der Waals surface area contributed by atoms with E-state index < -0.39 is 24.3 Å². The van der Waals surface area contributed by atoms with Gasteiger partial charge in [0.25, 0.3) is 5.91 Å². The van der Waals surface area contributed by atoms with Gasteiger partial charge in [-0.2, -0.15) is 0 Å². The summed E-state index contributed by atoms with van der Waals surface area (Å²) in [5, 5.41) is 24.5. The fraction of sp³-hybridized carbons (Fsp3) is 0.450. The number of aliphatic hydroxyl groups is 2. The molecular formula is C40H50N4O4S. The van der Waals surface area contributed by atoms with Crippen LogP contribution < -0.4 is 10.6 Å². The number of nitrogens with one attached hydrogen (secondary N) is 2. The van der Waals surface area contributed by atoms with Crippen LogP contribution in [0.2, 0.25) is 0 Å². The third kappa shape index (κ3) is 9.62. The molecule has 2 amide bonds. The Balaban J connectivity index is 1.23. The first-order valence-electron chi connectivity index (χ1n) is 17.5. The van der Waals surface area contributed by atoms with Gasteiger partial charge in [0, 0.05) is 34.8 Å². The Kier molecular flexibility index (Phi) is 12.0. The summed E-state index contributed by atoms with van der Waals surface area (Å²) in [4.78, 5) is 37.3. The maximum Gasteiger partial charge on any atom is 0.262 e. The number of rotatable bonds is 12. The topological polar surface area (TPSA) is 124 Å². The lowest BCUT2D eigenvalue weighted by molar-refractivity contribution is -0.128. The van der Waals surface area contributed by atoms with E-state index in [-0.39, 0.29) is 17.7 Å². The molecule has 2 heterocycles. The van der Waals surface area contributed by atoms with Crippen LogP contribution in [0.25, 0.3) is 22.5 Å². The van der Waals surface area contributed by atoms with Gasteiger partial charge in [0.1, 0.15) is 6.04 Å². The van der Waals surface area contributed by atoms with Crippen LogP contribution in [-0.4, -0.2) is 50.4 Å². The van der Waals surface area contributed by atoms with Crippen molar-refractivity contribution in [1.29, 1.82) is 0 Å². The van der Waals surface area contributed by atoms with Crippen molar-refractivity contribution in [2.75, 3.05) is 0 Å². The van der Waals surface area contributed by atoms with Gasteiger partial charge in [-0.05, 0) is 78.7 Å². The highest BCUT2D eigenvalue weighted by molar-refractivity contribution is 7.14. The van der Waals surface area contributed by atoms with E-state index in [4.69, 9.17) is 0 Å². The second kappa shape index (κ2) is 16.2. The van der Waals surface area contributed by atoms with Gasteiger partial charge in [-0.15, -0.1) is 11.3 Å². The number of hydrogen-bond acceptors (Lipinski definition) is 7. The van der Waals surface area contributed by atoms with Crippen molar-refractivity contribution in [2.24, 2.45) is 5.92 Å². The molecule has 1 saturated carbocycles. The Morgan fingerprint density at radius 2 is 1.49 bits per heavy atom. The van der Waals surface area contributed by atoms with Crippen LogP contribution in [0.5, 0.6) is 0 Å². The SMILES string of the molecule is CCCC1CCC(c2ccc(-c3cnc(-c4ccc(C[C@H](NC(=O)c5ccc(C(C)(C)C)s5)C(=O)N[C@H](C)C(O)O)cc4)nc3)cc2)CC1. The zero-order valence-electron chi connectivity index (χ0n) is 29.3. The second-order valence-corrected chi connectivity index (χ2v) is 15.6. The lowest BCUT2D eigenvalue weighted by Gasteiger charge is -2.28. The molecule has 2 aromatic carbocycles. The molecule has 0 unspecified atom stereocenters. The molecule has 2 aromatic heterocycles. The Labute approximate surface area is 294 Å². The van der Waals surface area contributed by atoms with E-state index in [1.54, 1.807) is 6.07 Å². The molecule has 0 aliphatic heterocycles. The monoisotopic (exact) mass is 682 g/mol. The summed E-state index contributed by atoms with van der Waals surface area (Å²) in [6, 6.07) is 18.3. The highest BCUT2D eigenvalue weighted by Gasteiger charge is 2.27. The molecule has 1 aliphatic carbocycles. The number of carbonyl (C=O) groups excluding carboxylic acids is 2. The van der Waals surface area contributed by atoms with E-state index in [0.29, 0.717) is 16.6 Å². The molecule has 9 heteroatoms. The van der Waals surface area contributed by atoms with Gasteiger partial charge in [0.15, 0.2) is 12.1 Å². The number of aliphatic hydroxyl groups excluding tert-OH is 1. The number of hydrogen-bond donors (Lipinski definition) is 4. The van der Waals surface area contributed by atoms with Gasteiger partial charge < -0.3 is 20.8 Å². The molecule has 1 aliphatic rings. The first kappa shape index (κ1) is 36.4. The molecule has 1 fully saturated rings. The normalized spacial score (nSPS) is 17.8. The lowest BCUT2D eigenvalue weighted by Crippen LogP contribution is -2.52. The Bertz CT molecular complexity index is 1670. The van der Waals surface area contributed by atoms with Crippen LogP contribution in [0, 0.1) is 5.92 Å². The highest BCUT2D eigenvalue weighted by atomic mass is 32.1. The first-order chi connectivity index (χ1) is 23.4. The summed E-state index contributed by atoms with van der Waals surface area (Å²) in [6.07, 6.45) is 10.1. The van der Waals surface area contributed by atoms with Crippen molar-refractivity contribution in [1.82, 2.24) is 20.6 Å². The summed E-state index contributed by atoms with van der Waals surface area (Å²) < 4.78 is 0. The standard InChI is InChI=1S/C40H50N4O4S/c1-6-7-26-8-12-28(13-9-26)29-16-18-30(19-17-29)32-23-41-36(42-24-32)31-14-10-27(11-15-31)22-33(37(45)43-25(2)39(47)48)44-38(46)34-20-21-35(49-34)40(3,4)5/h10-11,14-21,23-26,28,33,39,47-48H,6-9,12-13,22H2,1-5H3,(H,43,45)(H,44,46)/t25-,26?,28?,33+/m1/s1. The number of aromatic nitrogens is 2. The summed E-state index contributed by atoms with van der Waals surface area (Å²) in [7, 11) is 0. The Morgan fingerprint density at radius 1 is 0.857 bits per heavy atom. The molecule has 2 atom stereocenters.